The molecular weight excluding hydrogens is 316 g/mol. The average molecular weight is 330 g/mol. The van der Waals surface area contributed by atoms with Gasteiger partial charge in [-0.05, 0) is 30.3 Å². The molecule has 0 atom stereocenters. The number of amides is 2. The first kappa shape index (κ1) is 16.4. The Labute approximate surface area is 133 Å². The van der Waals surface area contributed by atoms with Gasteiger partial charge in [0.2, 0.25) is 5.91 Å². The largest absolute Gasteiger partial charge is 0.321 e. The molecule has 23 heavy (non-hydrogen) atoms. The molecule has 0 radical (unpaired) electrons. The summed E-state index contributed by atoms with van der Waals surface area (Å²) < 4.78 is 26.8. The molecule has 0 heterocycles. The van der Waals surface area contributed by atoms with Gasteiger partial charge in [-0.1, -0.05) is 36.9 Å². The topological polar surface area (TPSA) is 92.3 Å². The molecule has 0 bridgehead atoms. The summed E-state index contributed by atoms with van der Waals surface area (Å²) in [6.45, 7) is 3.31. The summed E-state index contributed by atoms with van der Waals surface area (Å²) in [5, 5.41) is 2.39. The quantitative estimate of drug-likeness (QED) is 0.819. The lowest BCUT2D eigenvalue weighted by atomic mass is 10.2. The second-order valence-electron chi connectivity index (χ2n) is 4.49. The molecular formula is C16H14N2O4S. The third kappa shape index (κ3) is 4.04. The first-order valence-corrected chi connectivity index (χ1v) is 8.07. The first-order chi connectivity index (χ1) is 10.9. The number of benzene rings is 2. The van der Waals surface area contributed by atoms with E-state index in [1.807, 2.05) is 4.72 Å². The summed E-state index contributed by atoms with van der Waals surface area (Å²) in [5.41, 5.74) is 0.273. The fourth-order valence-electron chi connectivity index (χ4n) is 1.81. The number of sulfonamides is 1. The normalized spacial score (nSPS) is 10.6. The van der Waals surface area contributed by atoms with Crippen molar-refractivity contribution in [1.29, 1.82) is 0 Å². The summed E-state index contributed by atoms with van der Waals surface area (Å²) in [7, 11) is -4.14. The van der Waals surface area contributed by atoms with E-state index < -0.39 is 21.8 Å². The lowest BCUT2D eigenvalue weighted by Crippen LogP contribution is -2.31. The summed E-state index contributed by atoms with van der Waals surface area (Å²) in [5.74, 6) is -1.31. The molecule has 0 fully saturated rings. The van der Waals surface area contributed by atoms with Gasteiger partial charge in [-0.2, -0.15) is 0 Å². The molecule has 0 aliphatic carbocycles. The van der Waals surface area contributed by atoms with E-state index in [4.69, 9.17) is 0 Å². The fourth-order valence-corrected chi connectivity index (χ4v) is 2.95. The highest BCUT2D eigenvalue weighted by molar-refractivity contribution is 7.90. The van der Waals surface area contributed by atoms with E-state index in [1.165, 1.54) is 30.3 Å². The first-order valence-electron chi connectivity index (χ1n) is 6.58. The van der Waals surface area contributed by atoms with Gasteiger partial charge in [-0.3, -0.25) is 9.59 Å². The van der Waals surface area contributed by atoms with Crippen molar-refractivity contribution in [2.45, 2.75) is 4.90 Å². The molecule has 0 saturated carbocycles. The predicted molar refractivity (Wildman–Crippen MR) is 86.4 cm³/mol. The van der Waals surface area contributed by atoms with E-state index >= 15 is 0 Å². The molecule has 118 valence electrons. The summed E-state index contributed by atoms with van der Waals surface area (Å²) in [6.07, 6.45) is 1.02. The zero-order chi connectivity index (χ0) is 16.9. The summed E-state index contributed by atoms with van der Waals surface area (Å²) in [6, 6.07) is 13.7. The Kier molecular flexibility index (Phi) is 4.92. The van der Waals surface area contributed by atoms with Crippen LogP contribution in [0.3, 0.4) is 0 Å². The molecule has 2 amide bonds. The number of hydrogen-bond donors (Lipinski definition) is 2. The molecule has 2 aromatic rings. The molecule has 7 heteroatoms. The van der Waals surface area contributed by atoms with Crippen LogP contribution in [0.1, 0.15) is 10.4 Å². The number of nitrogens with one attached hydrogen (secondary N) is 2. The second-order valence-corrected chi connectivity index (χ2v) is 6.14. The molecule has 6 nitrogen and oxygen atoms in total. The van der Waals surface area contributed by atoms with E-state index in [-0.39, 0.29) is 16.1 Å². The smallest absolute Gasteiger partial charge is 0.266 e. The Morgan fingerprint density at radius 2 is 1.57 bits per heavy atom. The average Bonchev–Trinajstić information content (AvgIpc) is 2.55. The minimum Gasteiger partial charge on any atom is -0.321 e. The third-order valence-corrected chi connectivity index (χ3v) is 4.27. The highest BCUT2D eigenvalue weighted by Gasteiger charge is 2.22. The van der Waals surface area contributed by atoms with E-state index in [2.05, 4.69) is 11.9 Å². The van der Waals surface area contributed by atoms with Gasteiger partial charge in [-0.25, -0.2) is 13.1 Å². The van der Waals surface area contributed by atoms with Crippen LogP contribution in [0.15, 0.2) is 72.1 Å². The van der Waals surface area contributed by atoms with E-state index in [1.54, 1.807) is 24.3 Å². The lowest BCUT2D eigenvalue weighted by Gasteiger charge is -2.11. The van der Waals surface area contributed by atoms with E-state index in [0.29, 0.717) is 0 Å². The van der Waals surface area contributed by atoms with Crippen molar-refractivity contribution in [3.05, 3.63) is 72.8 Å². The Hall–Kier alpha value is -2.93. The van der Waals surface area contributed by atoms with E-state index in [9.17, 15) is 18.0 Å². The molecule has 0 aromatic heterocycles. The highest BCUT2D eigenvalue weighted by atomic mass is 32.2. The van der Waals surface area contributed by atoms with Crippen molar-refractivity contribution in [1.82, 2.24) is 4.72 Å². The predicted octanol–water partition coefficient (Wildman–Crippen LogP) is 1.93. The Bertz CT molecular complexity index is 845. The van der Waals surface area contributed by atoms with Crippen LogP contribution in [0.5, 0.6) is 0 Å². The van der Waals surface area contributed by atoms with Crippen LogP contribution in [0, 0.1) is 0 Å². The van der Waals surface area contributed by atoms with Crippen LogP contribution < -0.4 is 10.0 Å². The van der Waals surface area contributed by atoms with Crippen molar-refractivity contribution in [3.63, 3.8) is 0 Å². The van der Waals surface area contributed by atoms with Crippen molar-refractivity contribution in [2.75, 3.05) is 5.32 Å². The monoisotopic (exact) mass is 330 g/mol. The molecule has 0 saturated heterocycles. The van der Waals surface area contributed by atoms with Crippen LogP contribution in [0.25, 0.3) is 0 Å². The number of carbonyl (C=O) groups excluding carboxylic acids is 2. The minimum atomic E-state index is -4.14. The van der Waals surface area contributed by atoms with Gasteiger partial charge in [0.1, 0.15) is 4.90 Å². The fraction of sp³-hybridized carbons (Fsp3) is 0. The van der Waals surface area contributed by atoms with Gasteiger partial charge in [0, 0.05) is 5.56 Å². The second kappa shape index (κ2) is 6.89. The highest BCUT2D eigenvalue weighted by Crippen LogP contribution is 2.21. The molecule has 0 aliphatic rings. The minimum absolute atomic E-state index is 0.0609. The van der Waals surface area contributed by atoms with Crippen molar-refractivity contribution >= 4 is 27.5 Å². The molecule has 0 unspecified atom stereocenters. The van der Waals surface area contributed by atoms with Gasteiger partial charge in [0.15, 0.2) is 0 Å². The lowest BCUT2D eigenvalue weighted by molar-refractivity contribution is -0.111. The Morgan fingerprint density at radius 3 is 2.22 bits per heavy atom. The number of anilines is 1. The van der Waals surface area contributed by atoms with Crippen LogP contribution in [0.2, 0.25) is 0 Å². The standard InChI is InChI=1S/C16H14N2O4S/c1-2-15(19)17-13-10-6-7-11-14(13)23(21,22)18-16(20)12-8-4-3-5-9-12/h2-11H,1H2,(H,17,19)(H,18,20). The van der Waals surface area contributed by atoms with Gasteiger partial charge in [-0.15, -0.1) is 0 Å². The Balaban J connectivity index is 2.31. The van der Waals surface area contributed by atoms with Gasteiger partial charge in [0.05, 0.1) is 5.69 Å². The summed E-state index contributed by atoms with van der Waals surface area (Å²) in [4.78, 5) is 23.2. The van der Waals surface area contributed by atoms with Gasteiger partial charge < -0.3 is 5.32 Å². The van der Waals surface area contributed by atoms with Crippen molar-refractivity contribution < 1.29 is 18.0 Å². The molecule has 0 spiro atoms. The maximum Gasteiger partial charge on any atom is 0.266 e. The maximum atomic E-state index is 12.4. The SMILES string of the molecule is C=CC(=O)Nc1ccccc1S(=O)(=O)NC(=O)c1ccccc1. The molecule has 0 aliphatic heterocycles. The van der Waals surface area contributed by atoms with Crippen molar-refractivity contribution in [2.24, 2.45) is 0 Å². The van der Waals surface area contributed by atoms with E-state index in [0.717, 1.165) is 6.08 Å². The van der Waals surface area contributed by atoms with Crippen LogP contribution >= 0.6 is 0 Å². The van der Waals surface area contributed by atoms with Gasteiger partial charge >= 0.3 is 0 Å². The van der Waals surface area contributed by atoms with Crippen molar-refractivity contribution in [3.8, 4) is 0 Å². The van der Waals surface area contributed by atoms with Crippen LogP contribution in [0.4, 0.5) is 5.69 Å². The van der Waals surface area contributed by atoms with Crippen LogP contribution in [-0.2, 0) is 14.8 Å². The number of para-hydroxylation sites is 1. The number of rotatable bonds is 5. The number of carbonyl (C=O) groups is 2. The molecule has 2 N–H and O–H groups in total. The number of hydrogen-bond acceptors (Lipinski definition) is 4. The maximum absolute atomic E-state index is 12.4. The zero-order valence-corrected chi connectivity index (χ0v) is 12.8. The molecule has 2 rings (SSSR count). The van der Waals surface area contributed by atoms with Crippen LogP contribution in [-0.4, -0.2) is 20.2 Å². The Morgan fingerprint density at radius 1 is 0.957 bits per heavy atom. The zero-order valence-electron chi connectivity index (χ0n) is 12.0. The van der Waals surface area contributed by atoms with Gasteiger partial charge in [0.25, 0.3) is 15.9 Å². The molecule has 2 aromatic carbocycles. The summed E-state index contributed by atoms with van der Waals surface area (Å²) >= 11 is 0. The third-order valence-electron chi connectivity index (χ3n) is 2.88.